The lowest BCUT2D eigenvalue weighted by molar-refractivity contribution is -0.116. The number of sulfonamides is 1. The molecular formula is C19H22F2N2O5S. The first-order valence-electron chi connectivity index (χ1n) is 8.79. The summed E-state index contributed by atoms with van der Waals surface area (Å²) in [5.74, 6) is -2.11. The first kappa shape index (κ1) is 22.6. The highest BCUT2D eigenvalue weighted by molar-refractivity contribution is 7.89. The van der Waals surface area contributed by atoms with Crippen LogP contribution in [0.4, 0.5) is 14.5 Å². The quantitative estimate of drug-likeness (QED) is 0.664. The van der Waals surface area contributed by atoms with E-state index in [1.807, 2.05) is 6.92 Å². The smallest absolute Gasteiger partial charge is 0.243 e. The fourth-order valence-corrected chi connectivity index (χ4v) is 3.57. The molecule has 0 aliphatic carbocycles. The Hall–Kier alpha value is -2.72. The van der Waals surface area contributed by atoms with Crippen molar-refractivity contribution in [2.24, 2.45) is 0 Å². The average molecular weight is 428 g/mol. The molecule has 1 amide bonds. The first-order valence-corrected chi connectivity index (χ1v) is 10.2. The van der Waals surface area contributed by atoms with Gasteiger partial charge in [-0.05, 0) is 44.2 Å². The number of rotatable bonds is 9. The molecule has 0 heterocycles. The van der Waals surface area contributed by atoms with E-state index in [4.69, 9.17) is 9.47 Å². The summed E-state index contributed by atoms with van der Waals surface area (Å²) in [7, 11) is -3.01. The lowest BCUT2D eigenvalue weighted by Crippen LogP contribution is -2.35. The second kappa shape index (κ2) is 9.66. The fourth-order valence-electron chi connectivity index (χ4n) is 2.43. The molecule has 2 rings (SSSR count). The number of hydrogen-bond donors (Lipinski definition) is 1. The van der Waals surface area contributed by atoms with Gasteiger partial charge in [-0.1, -0.05) is 0 Å². The van der Waals surface area contributed by atoms with Gasteiger partial charge in [-0.3, -0.25) is 4.79 Å². The number of hydrogen-bond acceptors (Lipinski definition) is 5. The van der Waals surface area contributed by atoms with Crippen LogP contribution in [0.25, 0.3) is 0 Å². The maximum Gasteiger partial charge on any atom is 0.243 e. The van der Waals surface area contributed by atoms with Crippen molar-refractivity contribution in [3.05, 3.63) is 48.0 Å². The van der Waals surface area contributed by atoms with Crippen LogP contribution in [0.15, 0.2) is 41.3 Å². The third-order valence-electron chi connectivity index (χ3n) is 3.79. The van der Waals surface area contributed by atoms with E-state index >= 15 is 0 Å². The third-order valence-corrected chi connectivity index (χ3v) is 5.59. The molecule has 158 valence electrons. The van der Waals surface area contributed by atoms with Crippen molar-refractivity contribution in [3.63, 3.8) is 0 Å². The minimum Gasteiger partial charge on any atom is -0.490 e. The number of nitrogens with one attached hydrogen (secondary N) is 1. The molecule has 0 fully saturated rings. The Labute approximate surface area is 168 Å². The van der Waals surface area contributed by atoms with Crippen LogP contribution in [0.1, 0.15) is 13.8 Å². The van der Waals surface area contributed by atoms with Crippen molar-refractivity contribution in [1.29, 1.82) is 0 Å². The molecule has 7 nitrogen and oxygen atoms in total. The summed E-state index contributed by atoms with van der Waals surface area (Å²) in [4.78, 5) is 11.8. The number of anilines is 1. The van der Waals surface area contributed by atoms with Gasteiger partial charge in [0.15, 0.2) is 23.1 Å². The third kappa shape index (κ3) is 5.64. The Morgan fingerprint density at radius 3 is 2.28 bits per heavy atom. The van der Waals surface area contributed by atoms with Gasteiger partial charge in [0.2, 0.25) is 15.9 Å². The van der Waals surface area contributed by atoms with Gasteiger partial charge in [0.1, 0.15) is 0 Å². The van der Waals surface area contributed by atoms with Crippen LogP contribution in [-0.2, 0) is 14.8 Å². The molecule has 29 heavy (non-hydrogen) atoms. The number of likely N-dealkylation sites (N-methyl/N-ethyl adjacent to an activating group) is 1. The van der Waals surface area contributed by atoms with Gasteiger partial charge < -0.3 is 14.8 Å². The van der Waals surface area contributed by atoms with Crippen molar-refractivity contribution >= 4 is 21.6 Å². The first-order chi connectivity index (χ1) is 13.7. The largest absolute Gasteiger partial charge is 0.490 e. The number of carbonyl (C=O) groups is 1. The Morgan fingerprint density at radius 2 is 1.66 bits per heavy atom. The average Bonchev–Trinajstić information content (AvgIpc) is 2.66. The van der Waals surface area contributed by atoms with Gasteiger partial charge in [0, 0.05) is 18.8 Å². The maximum absolute atomic E-state index is 13.4. The van der Waals surface area contributed by atoms with Gasteiger partial charge in [-0.25, -0.2) is 17.2 Å². The molecule has 0 saturated heterocycles. The summed E-state index contributed by atoms with van der Waals surface area (Å²) in [5.41, 5.74) is 0.389. The van der Waals surface area contributed by atoms with Gasteiger partial charge in [-0.2, -0.15) is 4.31 Å². The molecule has 0 saturated carbocycles. The lowest BCUT2D eigenvalue weighted by Gasteiger charge is -2.17. The van der Waals surface area contributed by atoms with E-state index in [9.17, 15) is 22.0 Å². The molecule has 2 aromatic rings. The van der Waals surface area contributed by atoms with Crippen LogP contribution < -0.4 is 14.8 Å². The van der Waals surface area contributed by atoms with Crippen LogP contribution in [-0.4, -0.2) is 45.4 Å². The minimum absolute atomic E-state index is 0.389. The van der Waals surface area contributed by atoms with E-state index in [-0.39, 0.29) is 0 Å². The van der Waals surface area contributed by atoms with E-state index in [1.165, 1.54) is 7.05 Å². The van der Waals surface area contributed by atoms with Crippen LogP contribution in [0.2, 0.25) is 0 Å². The summed E-state index contributed by atoms with van der Waals surface area (Å²) in [6, 6.07) is 7.01. The van der Waals surface area contributed by atoms with Gasteiger partial charge in [0.25, 0.3) is 0 Å². The summed E-state index contributed by atoms with van der Waals surface area (Å²) < 4.78 is 63.0. The zero-order valence-electron chi connectivity index (χ0n) is 16.2. The predicted octanol–water partition coefficient (Wildman–Crippen LogP) is 3.02. The Balaban J connectivity index is 2.11. The van der Waals surface area contributed by atoms with Crippen molar-refractivity contribution in [2.45, 2.75) is 18.7 Å². The van der Waals surface area contributed by atoms with E-state index in [0.717, 1.165) is 10.4 Å². The van der Waals surface area contributed by atoms with E-state index in [0.29, 0.717) is 42.5 Å². The molecule has 0 unspecified atom stereocenters. The van der Waals surface area contributed by atoms with Gasteiger partial charge in [0.05, 0.1) is 24.7 Å². The van der Waals surface area contributed by atoms with Crippen molar-refractivity contribution in [1.82, 2.24) is 4.31 Å². The van der Waals surface area contributed by atoms with Crippen molar-refractivity contribution in [3.8, 4) is 11.5 Å². The topological polar surface area (TPSA) is 84.9 Å². The highest BCUT2D eigenvalue weighted by Crippen LogP contribution is 2.30. The summed E-state index contributed by atoms with van der Waals surface area (Å²) >= 11 is 0. The zero-order chi connectivity index (χ0) is 21.6. The zero-order valence-corrected chi connectivity index (χ0v) is 17.1. The molecule has 0 radical (unpaired) electrons. The Kier molecular flexibility index (Phi) is 7.52. The highest BCUT2D eigenvalue weighted by atomic mass is 32.2. The van der Waals surface area contributed by atoms with E-state index in [1.54, 1.807) is 25.1 Å². The molecular weight excluding hydrogens is 406 g/mol. The van der Waals surface area contributed by atoms with Crippen LogP contribution in [0.3, 0.4) is 0 Å². The standard InChI is InChI=1S/C19H22F2N2O5S/c1-4-27-17-9-6-13(10-18(17)28-5-2)22-19(24)12-23(3)29(25,26)14-7-8-15(20)16(21)11-14/h6-11H,4-5,12H2,1-3H3,(H,22,24). The molecule has 0 aromatic heterocycles. The maximum atomic E-state index is 13.4. The van der Waals surface area contributed by atoms with Gasteiger partial charge >= 0.3 is 0 Å². The Bertz CT molecular complexity index is 983. The van der Waals surface area contributed by atoms with E-state index in [2.05, 4.69) is 5.32 Å². The normalized spacial score (nSPS) is 11.4. The SMILES string of the molecule is CCOc1ccc(NC(=O)CN(C)S(=O)(=O)c2ccc(F)c(F)c2)cc1OCC. The summed E-state index contributed by atoms with van der Waals surface area (Å²) in [5, 5.41) is 2.57. The van der Waals surface area contributed by atoms with Crippen molar-refractivity contribution < 1.29 is 31.5 Å². The number of ether oxygens (including phenoxy) is 2. The van der Waals surface area contributed by atoms with Crippen LogP contribution >= 0.6 is 0 Å². The minimum atomic E-state index is -4.18. The molecule has 0 aliphatic rings. The monoisotopic (exact) mass is 428 g/mol. The molecule has 1 N–H and O–H groups in total. The highest BCUT2D eigenvalue weighted by Gasteiger charge is 2.24. The molecule has 0 aliphatic heterocycles. The molecule has 0 spiro atoms. The fraction of sp³-hybridized carbons (Fsp3) is 0.316. The van der Waals surface area contributed by atoms with Crippen molar-refractivity contribution in [2.75, 3.05) is 32.1 Å². The summed E-state index contributed by atoms with van der Waals surface area (Å²) in [6.45, 7) is 3.94. The predicted molar refractivity (Wildman–Crippen MR) is 104 cm³/mol. The summed E-state index contributed by atoms with van der Waals surface area (Å²) in [6.07, 6.45) is 0. The number of benzene rings is 2. The molecule has 10 heteroatoms. The number of carbonyl (C=O) groups excluding carboxylic acids is 1. The second-order valence-electron chi connectivity index (χ2n) is 5.91. The molecule has 0 atom stereocenters. The number of nitrogens with zero attached hydrogens (tertiary/aromatic N) is 1. The van der Waals surface area contributed by atoms with E-state index < -0.39 is 39.0 Å². The second-order valence-corrected chi connectivity index (χ2v) is 7.96. The molecule has 2 aromatic carbocycles. The number of amides is 1. The van der Waals surface area contributed by atoms with Crippen LogP contribution in [0, 0.1) is 11.6 Å². The lowest BCUT2D eigenvalue weighted by atomic mass is 10.2. The van der Waals surface area contributed by atoms with Gasteiger partial charge in [-0.15, -0.1) is 0 Å². The van der Waals surface area contributed by atoms with Crippen LogP contribution in [0.5, 0.6) is 11.5 Å². The number of halogens is 2. The Morgan fingerprint density at radius 1 is 1.00 bits per heavy atom. The molecule has 0 bridgehead atoms.